The Hall–Kier alpha value is -2.57. The number of nitriles is 1. The zero-order valence-electron chi connectivity index (χ0n) is 16.6. The van der Waals surface area contributed by atoms with E-state index < -0.39 is 38.4 Å². The monoisotopic (exact) mass is 482 g/mol. The van der Waals surface area contributed by atoms with Crippen molar-refractivity contribution in [2.24, 2.45) is 17.8 Å². The molecule has 5 nitrogen and oxygen atoms in total. The average molecular weight is 483 g/mol. The van der Waals surface area contributed by atoms with Crippen molar-refractivity contribution in [3.05, 3.63) is 58.4 Å². The molecule has 2 aromatic carbocycles. The number of fused-ring (bicyclic) bond motifs is 2. The minimum absolute atomic E-state index is 0.0396. The van der Waals surface area contributed by atoms with Crippen molar-refractivity contribution < 1.29 is 26.4 Å². The van der Waals surface area contributed by atoms with Crippen molar-refractivity contribution in [3.8, 4) is 6.07 Å². The topological polar surface area (TPSA) is 87.0 Å². The highest BCUT2D eigenvalue weighted by atomic mass is 35.5. The number of sulfone groups is 1. The first-order valence-corrected chi connectivity index (χ1v) is 11.9. The first kappa shape index (κ1) is 22.6. The van der Waals surface area contributed by atoms with Crippen LogP contribution in [-0.4, -0.2) is 19.6 Å². The number of hydrogen-bond acceptors (Lipinski definition) is 4. The van der Waals surface area contributed by atoms with Crippen LogP contribution in [0.5, 0.6) is 0 Å². The van der Waals surface area contributed by atoms with Crippen LogP contribution in [0.3, 0.4) is 0 Å². The Morgan fingerprint density at radius 1 is 1.06 bits per heavy atom. The van der Waals surface area contributed by atoms with Crippen molar-refractivity contribution in [1.29, 1.82) is 5.26 Å². The predicted octanol–water partition coefficient (Wildman–Crippen LogP) is 5.11. The highest BCUT2D eigenvalue weighted by Crippen LogP contribution is 2.50. The van der Waals surface area contributed by atoms with Gasteiger partial charge in [0.2, 0.25) is 0 Å². The second-order valence-corrected chi connectivity index (χ2v) is 10.7. The number of hydrogen-bond donors (Lipinski definition) is 1. The molecular weight excluding hydrogens is 465 g/mol. The van der Waals surface area contributed by atoms with Crippen molar-refractivity contribution >= 4 is 33.0 Å². The van der Waals surface area contributed by atoms with Gasteiger partial charge in [-0.2, -0.15) is 5.26 Å². The summed E-state index contributed by atoms with van der Waals surface area (Å²) in [4.78, 5) is 12.4. The van der Waals surface area contributed by atoms with Gasteiger partial charge < -0.3 is 5.32 Å². The molecule has 2 bridgehead atoms. The van der Waals surface area contributed by atoms with Gasteiger partial charge in [0.1, 0.15) is 0 Å². The van der Waals surface area contributed by atoms with Crippen LogP contribution in [0.2, 0.25) is 5.02 Å². The Balaban J connectivity index is 1.63. The van der Waals surface area contributed by atoms with Crippen LogP contribution in [0.15, 0.2) is 35.2 Å². The van der Waals surface area contributed by atoms with E-state index in [1.54, 1.807) is 0 Å². The number of nitrogens with zero attached hydrogens (tertiary/aromatic N) is 1. The number of benzene rings is 2. The standard InChI is InChI=1S/C22H18ClF3N2O3S/c23-16-4-3-14(22(29)28-15-8-17(24)20(26)18(25)9-15)7-19(16)32(30,31)21-12-1-2-13(21)6-11(5-12)10-27/h3-4,7-9,11-13,21H,1-2,5-6H2,(H,28,29)/t11-,12?,13?,21-. The number of carbonyl (C=O) groups excluding carboxylic acids is 1. The summed E-state index contributed by atoms with van der Waals surface area (Å²) in [6.07, 6.45) is 2.45. The molecule has 0 radical (unpaired) electrons. The van der Waals surface area contributed by atoms with Gasteiger partial charge in [-0.3, -0.25) is 4.79 Å². The number of halogens is 4. The van der Waals surface area contributed by atoms with Gasteiger partial charge in [-0.1, -0.05) is 11.6 Å². The van der Waals surface area contributed by atoms with Gasteiger partial charge >= 0.3 is 0 Å². The maximum atomic E-state index is 13.5. The average Bonchev–Trinajstić information content (AvgIpc) is 3.03. The number of rotatable bonds is 4. The zero-order chi connectivity index (χ0) is 23.2. The number of carbonyl (C=O) groups is 1. The summed E-state index contributed by atoms with van der Waals surface area (Å²) in [5.74, 6) is -5.90. The largest absolute Gasteiger partial charge is 0.322 e. The Labute approximate surface area is 188 Å². The number of anilines is 1. The summed E-state index contributed by atoms with van der Waals surface area (Å²) in [6, 6.07) is 7.18. The second-order valence-electron chi connectivity index (χ2n) is 8.26. The van der Waals surface area contributed by atoms with Gasteiger partial charge in [0, 0.05) is 29.3 Å². The van der Waals surface area contributed by atoms with Crippen LogP contribution < -0.4 is 5.32 Å². The van der Waals surface area contributed by atoms with E-state index in [-0.39, 0.29) is 38.9 Å². The van der Waals surface area contributed by atoms with E-state index >= 15 is 0 Å². The highest BCUT2D eigenvalue weighted by Gasteiger charge is 2.50. The predicted molar refractivity (Wildman–Crippen MR) is 111 cm³/mol. The lowest BCUT2D eigenvalue weighted by Crippen LogP contribution is -2.37. The molecule has 10 heteroatoms. The van der Waals surface area contributed by atoms with Gasteiger partial charge in [-0.05, 0) is 55.7 Å². The first-order valence-electron chi connectivity index (χ1n) is 10.0. The van der Waals surface area contributed by atoms with Crippen molar-refractivity contribution in [1.82, 2.24) is 0 Å². The Bertz CT molecular complexity index is 1210. The molecule has 0 heterocycles. The minimum atomic E-state index is -3.90. The minimum Gasteiger partial charge on any atom is -0.322 e. The van der Waals surface area contributed by atoms with Crippen molar-refractivity contribution in [2.75, 3.05) is 5.32 Å². The normalized spacial score (nSPS) is 24.7. The van der Waals surface area contributed by atoms with Crippen LogP contribution in [0.25, 0.3) is 0 Å². The molecule has 2 aromatic rings. The van der Waals surface area contributed by atoms with Gasteiger partial charge in [0.25, 0.3) is 5.91 Å². The van der Waals surface area contributed by atoms with E-state index in [9.17, 15) is 31.6 Å². The SMILES string of the molecule is N#C[C@H]1CC2CCC(C1)[C@H]2S(=O)(=O)c1cc(C(=O)Nc2cc(F)c(F)c(F)c2)ccc1Cl. The Kier molecular flexibility index (Phi) is 5.94. The van der Waals surface area contributed by atoms with Crippen LogP contribution >= 0.6 is 11.6 Å². The molecule has 4 rings (SSSR count). The molecule has 0 spiro atoms. The summed E-state index contributed by atoms with van der Waals surface area (Å²) >= 11 is 6.19. The van der Waals surface area contributed by atoms with Crippen molar-refractivity contribution in [2.45, 2.75) is 35.8 Å². The quantitative estimate of drug-likeness (QED) is 0.613. The summed E-state index contributed by atoms with van der Waals surface area (Å²) in [5, 5.41) is 10.8. The van der Waals surface area contributed by atoms with Gasteiger partial charge in [0.05, 0.1) is 21.2 Å². The fourth-order valence-corrected chi connectivity index (χ4v) is 7.80. The van der Waals surface area contributed by atoms with Crippen molar-refractivity contribution in [3.63, 3.8) is 0 Å². The smallest absolute Gasteiger partial charge is 0.255 e. The molecule has 0 saturated heterocycles. The van der Waals surface area contributed by atoms with E-state index in [0.29, 0.717) is 37.8 Å². The molecule has 0 aliphatic heterocycles. The molecule has 2 aliphatic rings. The van der Waals surface area contributed by atoms with E-state index in [2.05, 4.69) is 11.4 Å². The van der Waals surface area contributed by atoms with E-state index in [0.717, 1.165) is 6.07 Å². The molecule has 2 aliphatic carbocycles. The van der Waals surface area contributed by atoms with Crippen LogP contribution in [0.4, 0.5) is 18.9 Å². The van der Waals surface area contributed by atoms with Gasteiger partial charge in [0.15, 0.2) is 27.3 Å². The fourth-order valence-electron chi connectivity index (χ4n) is 4.92. The number of nitrogens with one attached hydrogen (secondary N) is 1. The lowest BCUT2D eigenvalue weighted by molar-refractivity contribution is 0.102. The van der Waals surface area contributed by atoms with Gasteiger partial charge in [-0.15, -0.1) is 0 Å². The molecule has 0 aromatic heterocycles. The highest BCUT2D eigenvalue weighted by molar-refractivity contribution is 7.92. The lowest BCUT2D eigenvalue weighted by Gasteiger charge is -2.32. The Morgan fingerprint density at radius 2 is 1.66 bits per heavy atom. The Morgan fingerprint density at radius 3 is 2.22 bits per heavy atom. The van der Waals surface area contributed by atoms with E-state index in [1.807, 2.05) is 0 Å². The summed E-state index contributed by atoms with van der Waals surface area (Å²) < 4.78 is 66.9. The third-order valence-corrected chi connectivity index (χ3v) is 9.17. The first-order chi connectivity index (χ1) is 15.1. The zero-order valence-corrected chi connectivity index (χ0v) is 18.2. The van der Waals surface area contributed by atoms with E-state index in [1.165, 1.54) is 12.1 Å². The lowest BCUT2D eigenvalue weighted by atomic mass is 9.81. The molecule has 1 N–H and O–H groups in total. The molecule has 2 atom stereocenters. The summed E-state index contributed by atoms with van der Waals surface area (Å²) in [6.45, 7) is 0. The maximum Gasteiger partial charge on any atom is 0.255 e. The fraction of sp³-hybridized carbons (Fsp3) is 0.364. The van der Waals surface area contributed by atoms with E-state index in [4.69, 9.17) is 11.6 Å². The van der Waals surface area contributed by atoms with Crippen LogP contribution in [0, 0.1) is 46.5 Å². The molecule has 2 unspecified atom stereocenters. The molecular formula is C22H18ClF3N2O3S. The third-order valence-electron chi connectivity index (χ3n) is 6.29. The van der Waals surface area contributed by atoms with Crippen LogP contribution in [0.1, 0.15) is 36.0 Å². The molecule has 2 saturated carbocycles. The number of amides is 1. The molecule has 1 amide bonds. The molecule has 2 fully saturated rings. The van der Waals surface area contributed by atoms with Crippen LogP contribution in [-0.2, 0) is 9.84 Å². The summed E-state index contributed by atoms with van der Waals surface area (Å²) in [5.41, 5.74) is -0.408. The van der Waals surface area contributed by atoms with Gasteiger partial charge in [-0.25, -0.2) is 21.6 Å². The summed E-state index contributed by atoms with van der Waals surface area (Å²) in [7, 11) is -3.90. The molecule has 32 heavy (non-hydrogen) atoms. The maximum absolute atomic E-state index is 13.5. The second kappa shape index (κ2) is 8.41. The third kappa shape index (κ3) is 3.97. The molecule has 168 valence electrons.